The first-order valence-electron chi connectivity index (χ1n) is 8.04. The average molecular weight is 358 g/mol. The molecule has 0 unspecified atom stereocenters. The lowest BCUT2D eigenvalue weighted by Crippen LogP contribution is -2.39. The van der Waals surface area contributed by atoms with E-state index in [9.17, 15) is 0 Å². The van der Waals surface area contributed by atoms with Crippen LogP contribution < -0.4 is 16.0 Å². The Bertz CT molecular complexity index is 866. The number of aromatic nitrogens is 4. The molecule has 0 aliphatic heterocycles. The predicted molar refractivity (Wildman–Crippen MR) is 102 cm³/mol. The monoisotopic (exact) mass is 358 g/mol. The molecule has 0 bridgehead atoms. The Morgan fingerprint density at radius 2 is 2.12 bits per heavy atom. The van der Waals surface area contributed by atoms with Gasteiger partial charge < -0.3 is 16.0 Å². The second kappa shape index (κ2) is 7.93. The molecule has 0 aliphatic rings. The number of rotatable bonds is 6. The van der Waals surface area contributed by atoms with Gasteiger partial charge in [0.2, 0.25) is 0 Å². The number of hydrogen-bond donors (Lipinski definition) is 3. The zero-order chi connectivity index (χ0) is 17.6. The fraction of sp³-hybridized carbons (Fsp3) is 0.375. The molecule has 0 amide bonds. The third-order valence-corrected chi connectivity index (χ3v) is 4.69. The summed E-state index contributed by atoms with van der Waals surface area (Å²) in [5.74, 6) is 1.57. The van der Waals surface area contributed by atoms with Crippen LogP contribution in [0.2, 0.25) is 0 Å². The van der Waals surface area contributed by atoms with Gasteiger partial charge in [0.15, 0.2) is 11.6 Å². The summed E-state index contributed by atoms with van der Waals surface area (Å²) < 4.78 is 1.73. The zero-order valence-electron chi connectivity index (χ0n) is 14.6. The van der Waals surface area contributed by atoms with Gasteiger partial charge >= 0.3 is 0 Å². The van der Waals surface area contributed by atoms with Crippen molar-refractivity contribution in [1.82, 2.24) is 30.4 Å². The van der Waals surface area contributed by atoms with E-state index in [1.54, 1.807) is 35.6 Å². The maximum Gasteiger partial charge on any atom is 0.191 e. The molecule has 0 fully saturated rings. The summed E-state index contributed by atoms with van der Waals surface area (Å²) in [5.41, 5.74) is 0.814. The van der Waals surface area contributed by atoms with E-state index in [0.717, 1.165) is 35.9 Å². The van der Waals surface area contributed by atoms with Crippen LogP contribution in [0.1, 0.15) is 9.75 Å². The fourth-order valence-electron chi connectivity index (χ4n) is 2.44. The lowest BCUT2D eigenvalue weighted by molar-refractivity contribution is 0.785. The van der Waals surface area contributed by atoms with Gasteiger partial charge in [-0.1, -0.05) is 0 Å². The van der Waals surface area contributed by atoms with Gasteiger partial charge in [0, 0.05) is 36.9 Å². The number of thiophene rings is 1. The quantitative estimate of drug-likeness (QED) is 0.351. The van der Waals surface area contributed by atoms with E-state index in [2.05, 4.69) is 55.1 Å². The Hall–Kier alpha value is -2.68. The van der Waals surface area contributed by atoms with Crippen molar-refractivity contribution in [2.75, 3.05) is 25.5 Å². The number of nitrogens with one attached hydrogen (secondary N) is 3. The molecule has 8 nitrogen and oxygen atoms in total. The molecular weight excluding hydrogens is 336 g/mol. The molecule has 3 heterocycles. The minimum Gasteiger partial charge on any atom is -0.368 e. The molecule has 132 valence electrons. The summed E-state index contributed by atoms with van der Waals surface area (Å²) >= 11 is 1.79. The Labute approximate surface area is 150 Å². The van der Waals surface area contributed by atoms with E-state index in [1.807, 2.05) is 7.05 Å². The van der Waals surface area contributed by atoms with Gasteiger partial charge in [-0.2, -0.15) is 5.10 Å². The minimum absolute atomic E-state index is 0.708. The average Bonchev–Trinajstić information content (AvgIpc) is 3.21. The second-order valence-corrected chi connectivity index (χ2v) is 6.89. The summed E-state index contributed by atoms with van der Waals surface area (Å²) in [6, 6.07) is 4.26. The van der Waals surface area contributed by atoms with E-state index < -0.39 is 0 Å². The molecule has 0 saturated heterocycles. The number of guanidine groups is 1. The van der Waals surface area contributed by atoms with Crippen molar-refractivity contribution >= 4 is 34.1 Å². The third kappa shape index (κ3) is 4.24. The Morgan fingerprint density at radius 3 is 2.88 bits per heavy atom. The van der Waals surface area contributed by atoms with Crippen molar-refractivity contribution in [1.29, 1.82) is 0 Å². The molecule has 25 heavy (non-hydrogen) atoms. The molecule has 0 aliphatic carbocycles. The molecule has 0 spiro atoms. The maximum absolute atomic E-state index is 4.29. The zero-order valence-corrected chi connectivity index (χ0v) is 15.4. The fourth-order valence-corrected chi connectivity index (χ4v) is 3.27. The van der Waals surface area contributed by atoms with E-state index in [1.165, 1.54) is 9.75 Å². The highest BCUT2D eigenvalue weighted by molar-refractivity contribution is 7.11. The van der Waals surface area contributed by atoms with E-state index in [4.69, 9.17) is 0 Å². The van der Waals surface area contributed by atoms with E-state index >= 15 is 0 Å². The largest absolute Gasteiger partial charge is 0.368 e. The van der Waals surface area contributed by atoms with Gasteiger partial charge in [-0.05, 0) is 19.1 Å². The van der Waals surface area contributed by atoms with Crippen molar-refractivity contribution in [3.05, 3.63) is 34.4 Å². The molecule has 0 radical (unpaired) electrons. The highest BCUT2D eigenvalue weighted by Crippen LogP contribution is 2.17. The van der Waals surface area contributed by atoms with Crippen molar-refractivity contribution in [2.24, 2.45) is 12.0 Å². The molecule has 3 rings (SSSR count). The van der Waals surface area contributed by atoms with E-state index in [0.29, 0.717) is 6.54 Å². The number of aliphatic imine (C=N–C) groups is 1. The van der Waals surface area contributed by atoms with Crippen LogP contribution in [0.4, 0.5) is 5.82 Å². The number of fused-ring (bicyclic) bond motifs is 1. The van der Waals surface area contributed by atoms with E-state index in [-0.39, 0.29) is 0 Å². The number of nitrogens with zero attached hydrogens (tertiary/aromatic N) is 5. The summed E-state index contributed by atoms with van der Waals surface area (Å²) in [6.07, 6.45) is 3.32. The summed E-state index contributed by atoms with van der Waals surface area (Å²) in [5, 5.41) is 15.0. The van der Waals surface area contributed by atoms with Gasteiger partial charge in [-0.25, -0.2) is 9.97 Å². The van der Waals surface area contributed by atoms with Gasteiger partial charge in [-0.3, -0.25) is 9.67 Å². The van der Waals surface area contributed by atoms with Crippen LogP contribution in [0.3, 0.4) is 0 Å². The predicted octanol–water partition coefficient (Wildman–Crippen LogP) is 1.51. The van der Waals surface area contributed by atoms with Crippen molar-refractivity contribution in [3.63, 3.8) is 0 Å². The molecule has 0 atom stereocenters. The first-order valence-corrected chi connectivity index (χ1v) is 8.85. The normalized spacial score (nSPS) is 11.7. The first-order chi connectivity index (χ1) is 12.2. The molecule has 0 aromatic carbocycles. The molecule has 3 aromatic heterocycles. The second-order valence-electron chi connectivity index (χ2n) is 5.52. The number of anilines is 1. The SMILES string of the molecule is CN=C(NCCNc1ncnc2c1cnn2C)NCc1ccc(C)s1. The Kier molecular flexibility index (Phi) is 5.44. The Balaban J connectivity index is 1.46. The molecule has 9 heteroatoms. The van der Waals surface area contributed by atoms with Crippen molar-refractivity contribution in [3.8, 4) is 0 Å². The van der Waals surface area contributed by atoms with Crippen LogP contribution in [0, 0.1) is 6.92 Å². The highest BCUT2D eigenvalue weighted by atomic mass is 32.1. The summed E-state index contributed by atoms with van der Waals surface area (Å²) in [4.78, 5) is 15.4. The summed E-state index contributed by atoms with van der Waals surface area (Å²) in [6.45, 7) is 4.31. The van der Waals surface area contributed by atoms with Crippen LogP contribution in [0.25, 0.3) is 11.0 Å². The van der Waals surface area contributed by atoms with Crippen molar-refractivity contribution < 1.29 is 0 Å². The minimum atomic E-state index is 0.708. The van der Waals surface area contributed by atoms with Gasteiger partial charge in [0.1, 0.15) is 12.1 Å². The van der Waals surface area contributed by atoms with Gasteiger partial charge in [0.05, 0.1) is 18.1 Å². The topological polar surface area (TPSA) is 92.1 Å². The molecular formula is C16H22N8S. The molecule has 3 N–H and O–H groups in total. The first kappa shape index (κ1) is 17.2. The van der Waals surface area contributed by atoms with Crippen molar-refractivity contribution in [2.45, 2.75) is 13.5 Å². The number of aryl methyl sites for hydroxylation is 2. The van der Waals surface area contributed by atoms with Crippen LogP contribution >= 0.6 is 11.3 Å². The third-order valence-electron chi connectivity index (χ3n) is 3.69. The maximum atomic E-state index is 4.29. The van der Waals surface area contributed by atoms with Crippen LogP contribution in [-0.4, -0.2) is 45.8 Å². The Morgan fingerprint density at radius 1 is 1.24 bits per heavy atom. The van der Waals surface area contributed by atoms with Crippen LogP contribution in [0.15, 0.2) is 29.6 Å². The lowest BCUT2D eigenvalue weighted by atomic mass is 10.4. The summed E-state index contributed by atoms with van der Waals surface area (Å²) in [7, 11) is 3.64. The molecule has 0 saturated carbocycles. The van der Waals surface area contributed by atoms with Gasteiger partial charge in [0.25, 0.3) is 0 Å². The van der Waals surface area contributed by atoms with Gasteiger partial charge in [-0.15, -0.1) is 11.3 Å². The van der Waals surface area contributed by atoms with Crippen LogP contribution in [-0.2, 0) is 13.6 Å². The number of hydrogen-bond acceptors (Lipinski definition) is 6. The standard InChI is InChI=1S/C16H22N8S/c1-11-4-5-12(25-11)8-20-16(17-2)19-7-6-18-14-13-9-23-24(3)15(13)22-10-21-14/h4-5,9-10H,6-8H2,1-3H3,(H2,17,19,20)(H,18,21,22). The highest BCUT2D eigenvalue weighted by Gasteiger charge is 2.07. The smallest absolute Gasteiger partial charge is 0.191 e. The van der Waals surface area contributed by atoms with Crippen LogP contribution in [0.5, 0.6) is 0 Å². The molecule has 3 aromatic rings. The lowest BCUT2D eigenvalue weighted by Gasteiger charge is -2.12.